The quantitative estimate of drug-likeness (QED) is 0.653. The van der Waals surface area contributed by atoms with Crippen LogP contribution in [0.5, 0.6) is 0 Å². The van der Waals surface area contributed by atoms with Gasteiger partial charge < -0.3 is 10.6 Å². The summed E-state index contributed by atoms with van der Waals surface area (Å²) in [5.74, 6) is 0.146. The van der Waals surface area contributed by atoms with Crippen molar-refractivity contribution in [1.82, 2.24) is 10.6 Å². The van der Waals surface area contributed by atoms with Gasteiger partial charge >= 0.3 is 0 Å². The Morgan fingerprint density at radius 1 is 1.67 bits per heavy atom. The standard InChI is InChI=1S/C9H18N2O/c1-4-9(2,3)11-8(12)7-5-6-10-7/h7,10H,4-6H2,1-3H3,(H,11,12)/t7-/m1/s1. The Bertz CT molecular complexity index is 173. The van der Waals surface area contributed by atoms with E-state index in [1.165, 1.54) is 0 Å². The van der Waals surface area contributed by atoms with Crippen LogP contribution in [0.3, 0.4) is 0 Å². The van der Waals surface area contributed by atoms with E-state index in [1.54, 1.807) is 0 Å². The summed E-state index contributed by atoms with van der Waals surface area (Å²) in [5, 5.41) is 6.09. The molecule has 0 spiro atoms. The maximum Gasteiger partial charge on any atom is 0.237 e. The molecule has 0 saturated carbocycles. The predicted molar refractivity (Wildman–Crippen MR) is 48.9 cm³/mol. The van der Waals surface area contributed by atoms with Crippen molar-refractivity contribution in [3.63, 3.8) is 0 Å². The van der Waals surface area contributed by atoms with E-state index >= 15 is 0 Å². The van der Waals surface area contributed by atoms with Crippen LogP contribution in [-0.4, -0.2) is 24.0 Å². The van der Waals surface area contributed by atoms with Gasteiger partial charge in [-0.25, -0.2) is 0 Å². The van der Waals surface area contributed by atoms with Gasteiger partial charge in [0.15, 0.2) is 0 Å². The minimum Gasteiger partial charge on any atom is -0.350 e. The van der Waals surface area contributed by atoms with Crippen LogP contribution in [0.1, 0.15) is 33.6 Å². The zero-order valence-electron chi connectivity index (χ0n) is 8.11. The van der Waals surface area contributed by atoms with Gasteiger partial charge in [-0.3, -0.25) is 4.79 Å². The van der Waals surface area contributed by atoms with Crippen LogP contribution in [0.25, 0.3) is 0 Å². The van der Waals surface area contributed by atoms with Gasteiger partial charge in [-0.1, -0.05) is 6.92 Å². The number of carbonyl (C=O) groups is 1. The number of nitrogens with one attached hydrogen (secondary N) is 2. The van der Waals surface area contributed by atoms with Crippen molar-refractivity contribution in [3.8, 4) is 0 Å². The summed E-state index contributed by atoms with van der Waals surface area (Å²) >= 11 is 0. The predicted octanol–water partition coefficient (Wildman–Crippen LogP) is 0.653. The maximum absolute atomic E-state index is 11.4. The first-order chi connectivity index (χ1) is 5.55. The summed E-state index contributed by atoms with van der Waals surface area (Å²) < 4.78 is 0. The highest BCUT2D eigenvalue weighted by Crippen LogP contribution is 2.09. The second-order valence-electron chi connectivity index (χ2n) is 4.02. The monoisotopic (exact) mass is 170 g/mol. The second-order valence-corrected chi connectivity index (χ2v) is 4.02. The first-order valence-corrected chi connectivity index (χ1v) is 4.60. The number of hydrogen-bond acceptors (Lipinski definition) is 2. The lowest BCUT2D eigenvalue weighted by atomic mass is 9.99. The van der Waals surface area contributed by atoms with Crippen molar-refractivity contribution in [3.05, 3.63) is 0 Å². The minimum absolute atomic E-state index is 0.0612. The Kier molecular flexibility index (Phi) is 2.73. The molecule has 2 N–H and O–H groups in total. The topological polar surface area (TPSA) is 41.1 Å². The third-order valence-electron chi connectivity index (χ3n) is 2.49. The smallest absolute Gasteiger partial charge is 0.237 e. The fraction of sp³-hybridized carbons (Fsp3) is 0.889. The zero-order chi connectivity index (χ0) is 9.19. The van der Waals surface area contributed by atoms with Crippen LogP contribution < -0.4 is 10.6 Å². The molecule has 0 aliphatic carbocycles. The van der Waals surface area contributed by atoms with Crippen LogP contribution in [0.2, 0.25) is 0 Å². The number of rotatable bonds is 3. The normalized spacial score (nSPS) is 23.1. The van der Waals surface area contributed by atoms with E-state index in [4.69, 9.17) is 0 Å². The van der Waals surface area contributed by atoms with Gasteiger partial charge in [0.05, 0.1) is 6.04 Å². The van der Waals surface area contributed by atoms with E-state index in [0.717, 1.165) is 19.4 Å². The first kappa shape index (κ1) is 9.52. The Labute approximate surface area is 73.9 Å². The molecule has 1 rings (SSSR count). The third-order valence-corrected chi connectivity index (χ3v) is 2.49. The highest BCUT2D eigenvalue weighted by molar-refractivity contribution is 5.83. The summed E-state index contributed by atoms with van der Waals surface area (Å²) in [7, 11) is 0. The van der Waals surface area contributed by atoms with Crippen molar-refractivity contribution >= 4 is 5.91 Å². The Hall–Kier alpha value is -0.570. The lowest BCUT2D eigenvalue weighted by Gasteiger charge is -2.32. The Morgan fingerprint density at radius 2 is 2.25 bits per heavy atom. The van der Waals surface area contributed by atoms with E-state index in [9.17, 15) is 4.79 Å². The molecule has 1 fully saturated rings. The van der Waals surface area contributed by atoms with Crippen LogP contribution in [0.15, 0.2) is 0 Å². The van der Waals surface area contributed by atoms with E-state index in [1.807, 2.05) is 13.8 Å². The molecule has 1 aliphatic heterocycles. The molecule has 3 heteroatoms. The third kappa shape index (κ3) is 2.21. The number of carbonyl (C=O) groups excluding carboxylic acids is 1. The van der Waals surface area contributed by atoms with Crippen molar-refractivity contribution in [1.29, 1.82) is 0 Å². The van der Waals surface area contributed by atoms with Gasteiger partial charge in [-0.2, -0.15) is 0 Å². The van der Waals surface area contributed by atoms with Crippen LogP contribution in [0, 0.1) is 0 Å². The molecule has 0 bridgehead atoms. The fourth-order valence-corrected chi connectivity index (χ4v) is 1.02. The van der Waals surface area contributed by atoms with Crippen LogP contribution in [-0.2, 0) is 4.79 Å². The fourth-order valence-electron chi connectivity index (χ4n) is 1.02. The van der Waals surface area contributed by atoms with E-state index in [-0.39, 0.29) is 17.5 Å². The lowest BCUT2D eigenvalue weighted by molar-refractivity contribution is -0.126. The van der Waals surface area contributed by atoms with E-state index in [0.29, 0.717) is 0 Å². The molecule has 0 unspecified atom stereocenters. The summed E-state index contributed by atoms with van der Waals surface area (Å²) in [6.07, 6.45) is 1.94. The van der Waals surface area contributed by atoms with Crippen molar-refractivity contribution in [2.45, 2.75) is 45.2 Å². The molecule has 12 heavy (non-hydrogen) atoms. The molecule has 3 nitrogen and oxygen atoms in total. The molecule has 0 aromatic heterocycles. The van der Waals surface area contributed by atoms with Gasteiger partial charge in [-0.15, -0.1) is 0 Å². The van der Waals surface area contributed by atoms with Crippen molar-refractivity contribution < 1.29 is 4.79 Å². The molecule has 70 valence electrons. The lowest BCUT2D eigenvalue weighted by Crippen LogP contribution is -2.57. The molecule has 1 saturated heterocycles. The number of hydrogen-bond donors (Lipinski definition) is 2. The number of amides is 1. The van der Waals surface area contributed by atoms with Crippen molar-refractivity contribution in [2.24, 2.45) is 0 Å². The molecular weight excluding hydrogens is 152 g/mol. The molecular formula is C9H18N2O. The summed E-state index contributed by atoms with van der Waals surface area (Å²) in [5.41, 5.74) is -0.0612. The van der Waals surface area contributed by atoms with Crippen molar-refractivity contribution in [2.75, 3.05) is 6.54 Å². The molecule has 1 heterocycles. The highest BCUT2D eigenvalue weighted by Gasteiger charge is 2.28. The van der Waals surface area contributed by atoms with Gasteiger partial charge in [-0.05, 0) is 33.2 Å². The zero-order valence-corrected chi connectivity index (χ0v) is 8.11. The SMILES string of the molecule is CCC(C)(C)NC(=O)[C@H]1CCN1. The average molecular weight is 170 g/mol. The summed E-state index contributed by atoms with van der Waals surface area (Å²) in [6.45, 7) is 7.15. The Balaban J connectivity index is 2.34. The van der Waals surface area contributed by atoms with Crippen LogP contribution >= 0.6 is 0 Å². The average Bonchev–Trinajstić information content (AvgIpc) is 1.82. The van der Waals surface area contributed by atoms with E-state index in [2.05, 4.69) is 17.6 Å². The molecule has 1 atom stereocenters. The first-order valence-electron chi connectivity index (χ1n) is 4.60. The second kappa shape index (κ2) is 3.44. The largest absolute Gasteiger partial charge is 0.350 e. The van der Waals surface area contributed by atoms with Gasteiger partial charge in [0.25, 0.3) is 0 Å². The molecule has 0 aromatic rings. The van der Waals surface area contributed by atoms with Gasteiger partial charge in [0, 0.05) is 5.54 Å². The Morgan fingerprint density at radius 3 is 2.58 bits per heavy atom. The van der Waals surface area contributed by atoms with Gasteiger partial charge in [0.2, 0.25) is 5.91 Å². The summed E-state index contributed by atoms with van der Waals surface area (Å²) in [4.78, 5) is 11.4. The summed E-state index contributed by atoms with van der Waals surface area (Å²) in [6, 6.07) is 0.0656. The van der Waals surface area contributed by atoms with Gasteiger partial charge in [0.1, 0.15) is 0 Å². The molecule has 0 aromatic carbocycles. The minimum atomic E-state index is -0.0612. The van der Waals surface area contributed by atoms with Crippen LogP contribution in [0.4, 0.5) is 0 Å². The highest BCUT2D eigenvalue weighted by atomic mass is 16.2. The molecule has 0 radical (unpaired) electrons. The van der Waals surface area contributed by atoms with E-state index < -0.39 is 0 Å². The molecule has 1 aliphatic rings. The molecule has 1 amide bonds. The maximum atomic E-state index is 11.4.